The van der Waals surface area contributed by atoms with Gasteiger partial charge in [0.1, 0.15) is 0 Å². The molecule has 2 nitrogen and oxygen atoms in total. The quantitative estimate of drug-likeness (QED) is 0.588. The first-order chi connectivity index (χ1) is 5.75. The van der Waals surface area contributed by atoms with Crippen molar-refractivity contribution in [1.29, 1.82) is 5.26 Å². The Balaban J connectivity index is 0.000000561. The van der Waals surface area contributed by atoms with E-state index in [1.54, 1.807) is 12.3 Å². The number of nitrogens with zero attached hydrogens (tertiary/aromatic N) is 2. The topological polar surface area (TPSA) is 36.7 Å². The van der Waals surface area contributed by atoms with Gasteiger partial charge in [-0.3, -0.25) is 4.98 Å². The number of pyridine rings is 1. The molecule has 0 spiro atoms. The molecule has 2 heteroatoms. The Labute approximate surface area is 73.9 Å². The third-order valence-electron chi connectivity index (χ3n) is 1.58. The first-order valence-electron chi connectivity index (χ1n) is 4.08. The van der Waals surface area contributed by atoms with Crippen LogP contribution < -0.4 is 0 Å². The molecule has 1 rings (SSSR count). The second-order valence-corrected chi connectivity index (χ2v) is 2.18. The van der Waals surface area contributed by atoms with Crippen LogP contribution in [0.1, 0.15) is 30.7 Å². The molecule has 64 valence electrons. The molecule has 0 atom stereocenters. The maximum absolute atomic E-state index is 8.57. The number of hydrogen-bond donors (Lipinski definition) is 0. The van der Waals surface area contributed by atoms with E-state index in [1.165, 1.54) is 0 Å². The van der Waals surface area contributed by atoms with E-state index in [0.717, 1.165) is 11.3 Å². The molecule has 0 saturated carbocycles. The summed E-state index contributed by atoms with van der Waals surface area (Å²) in [4.78, 5) is 4.04. The van der Waals surface area contributed by atoms with Crippen molar-refractivity contribution in [2.45, 2.75) is 27.7 Å². The van der Waals surface area contributed by atoms with Crippen molar-refractivity contribution >= 4 is 0 Å². The van der Waals surface area contributed by atoms with Gasteiger partial charge in [-0.1, -0.05) is 13.8 Å². The minimum atomic E-state index is 0.715. The van der Waals surface area contributed by atoms with E-state index in [9.17, 15) is 0 Å². The van der Waals surface area contributed by atoms with Crippen molar-refractivity contribution in [2.24, 2.45) is 0 Å². The highest BCUT2D eigenvalue weighted by molar-refractivity contribution is 5.37. The summed E-state index contributed by atoms with van der Waals surface area (Å²) in [6, 6.07) is 3.82. The lowest BCUT2D eigenvalue weighted by Crippen LogP contribution is -1.89. The first-order valence-corrected chi connectivity index (χ1v) is 4.08. The van der Waals surface area contributed by atoms with Crippen molar-refractivity contribution in [3.05, 3.63) is 29.1 Å². The van der Waals surface area contributed by atoms with Crippen LogP contribution in [0.4, 0.5) is 0 Å². The molecule has 0 aliphatic rings. The Morgan fingerprint density at radius 2 is 1.92 bits per heavy atom. The van der Waals surface area contributed by atoms with Gasteiger partial charge >= 0.3 is 0 Å². The molecular weight excluding hydrogens is 148 g/mol. The van der Waals surface area contributed by atoms with E-state index >= 15 is 0 Å². The highest BCUT2D eigenvalue weighted by Crippen LogP contribution is 2.07. The predicted molar refractivity (Wildman–Crippen MR) is 49.8 cm³/mol. The van der Waals surface area contributed by atoms with E-state index in [2.05, 4.69) is 11.1 Å². The van der Waals surface area contributed by atoms with E-state index < -0.39 is 0 Å². The van der Waals surface area contributed by atoms with Crippen LogP contribution in [0.2, 0.25) is 0 Å². The molecule has 0 amide bonds. The van der Waals surface area contributed by atoms with E-state index in [-0.39, 0.29) is 0 Å². The maximum atomic E-state index is 8.57. The smallest absolute Gasteiger partial charge is 0.0995 e. The Bertz CT molecular complexity index is 284. The van der Waals surface area contributed by atoms with Crippen molar-refractivity contribution in [1.82, 2.24) is 4.98 Å². The summed E-state index contributed by atoms with van der Waals surface area (Å²) in [6.07, 6.45) is 1.65. The van der Waals surface area contributed by atoms with Crippen molar-refractivity contribution < 1.29 is 0 Å². The lowest BCUT2D eigenvalue weighted by Gasteiger charge is -1.97. The van der Waals surface area contributed by atoms with E-state index in [1.807, 2.05) is 27.7 Å². The Hall–Kier alpha value is -1.36. The average molecular weight is 162 g/mol. The Morgan fingerprint density at radius 1 is 1.33 bits per heavy atom. The van der Waals surface area contributed by atoms with Crippen molar-refractivity contribution in [3.63, 3.8) is 0 Å². The van der Waals surface area contributed by atoms with Crippen molar-refractivity contribution in [2.75, 3.05) is 0 Å². The summed E-state index contributed by atoms with van der Waals surface area (Å²) in [5.74, 6) is 0. The highest BCUT2D eigenvalue weighted by Gasteiger charge is 1.97. The van der Waals surface area contributed by atoms with Gasteiger partial charge in [-0.05, 0) is 25.5 Å². The lowest BCUT2D eigenvalue weighted by atomic mass is 10.1. The van der Waals surface area contributed by atoms with E-state index in [0.29, 0.717) is 5.56 Å². The van der Waals surface area contributed by atoms with Gasteiger partial charge in [0.15, 0.2) is 0 Å². The minimum absolute atomic E-state index is 0.715. The summed E-state index contributed by atoms with van der Waals surface area (Å²) in [5.41, 5.74) is 2.62. The van der Waals surface area contributed by atoms with Crippen LogP contribution in [-0.4, -0.2) is 4.98 Å². The van der Waals surface area contributed by atoms with Gasteiger partial charge in [0, 0.05) is 11.9 Å². The minimum Gasteiger partial charge on any atom is -0.261 e. The first kappa shape index (κ1) is 10.6. The largest absolute Gasteiger partial charge is 0.261 e. The molecule has 12 heavy (non-hydrogen) atoms. The zero-order valence-electron chi connectivity index (χ0n) is 8.05. The molecule has 0 fully saturated rings. The van der Waals surface area contributed by atoms with Crippen LogP contribution in [0.3, 0.4) is 0 Å². The fourth-order valence-electron chi connectivity index (χ4n) is 0.761. The molecule has 0 aromatic carbocycles. The van der Waals surface area contributed by atoms with Crippen LogP contribution >= 0.6 is 0 Å². The normalized spacial score (nSPS) is 7.92. The van der Waals surface area contributed by atoms with Gasteiger partial charge in [-0.25, -0.2) is 0 Å². The van der Waals surface area contributed by atoms with Crippen LogP contribution in [0, 0.1) is 25.2 Å². The fourth-order valence-corrected chi connectivity index (χ4v) is 0.761. The molecule has 1 aromatic rings. The average Bonchev–Trinajstić information content (AvgIpc) is 2.13. The van der Waals surface area contributed by atoms with E-state index in [4.69, 9.17) is 5.26 Å². The fraction of sp³-hybridized carbons (Fsp3) is 0.400. The van der Waals surface area contributed by atoms with Crippen LogP contribution in [0.25, 0.3) is 0 Å². The number of rotatable bonds is 0. The predicted octanol–water partition coefficient (Wildman–Crippen LogP) is 2.60. The molecule has 0 unspecified atom stereocenters. The summed E-state index contributed by atoms with van der Waals surface area (Å²) in [7, 11) is 0. The van der Waals surface area contributed by atoms with Gasteiger partial charge in [-0.15, -0.1) is 0 Å². The Kier molecular flexibility index (Phi) is 4.71. The second-order valence-electron chi connectivity index (χ2n) is 2.18. The third kappa shape index (κ3) is 2.35. The monoisotopic (exact) mass is 162 g/mol. The molecule has 0 aliphatic heterocycles. The van der Waals surface area contributed by atoms with Crippen LogP contribution in [-0.2, 0) is 0 Å². The zero-order chi connectivity index (χ0) is 9.56. The van der Waals surface area contributed by atoms with Gasteiger partial charge in [0.2, 0.25) is 0 Å². The second kappa shape index (κ2) is 5.31. The number of aryl methyl sites for hydroxylation is 1. The summed E-state index contributed by atoms with van der Waals surface area (Å²) in [6.45, 7) is 7.80. The van der Waals surface area contributed by atoms with Gasteiger partial charge < -0.3 is 0 Å². The maximum Gasteiger partial charge on any atom is 0.0995 e. The zero-order valence-corrected chi connectivity index (χ0v) is 8.05. The molecule has 0 radical (unpaired) electrons. The summed E-state index contributed by atoms with van der Waals surface area (Å²) >= 11 is 0. The molecule has 0 aliphatic carbocycles. The van der Waals surface area contributed by atoms with Crippen LogP contribution in [0.5, 0.6) is 0 Å². The Morgan fingerprint density at radius 3 is 2.33 bits per heavy atom. The molecule has 0 N–H and O–H groups in total. The third-order valence-corrected chi connectivity index (χ3v) is 1.58. The lowest BCUT2D eigenvalue weighted by molar-refractivity contribution is 1.14. The van der Waals surface area contributed by atoms with Crippen molar-refractivity contribution in [3.8, 4) is 6.07 Å². The number of nitriles is 1. The SMILES string of the molecule is CC.Cc1nccc(C#N)c1C. The van der Waals surface area contributed by atoms with Crippen LogP contribution in [0.15, 0.2) is 12.3 Å². The standard InChI is InChI=1S/C8H8N2.C2H6/c1-6-7(2)10-4-3-8(6)5-9;1-2/h3-4H,1-2H3;1-2H3. The van der Waals surface area contributed by atoms with Gasteiger partial charge in [0.05, 0.1) is 11.6 Å². The van der Waals surface area contributed by atoms with Gasteiger partial charge in [0.25, 0.3) is 0 Å². The number of aromatic nitrogens is 1. The highest BCUT2D eigenvalue weighted by atomic mass is 14.7. The molecule has 1 aromatic heterocycles. The summed E-state index contributed by atoms with van der Waals surface area (Å²) in [5, 5.41) is 8.57. The van der Waals surface area contributed by atoms with Gasteiger partial charge in [-0.2, -0.15) is 5.26 Å². The molecule has 1 heterocycles. The summed E-state index contributed by atoms with van der Waals surface area (Å²) < 4.78 is 0. The molecule has 0 bridgehead atoms. The molecule has 0 saturated heterocycles. The molecular formula is C10H14N2. The number of hydrogen-bond acceptors (Lipinski definition) is 2.